The molecule has 0 heterocycles. The van der Waals surface area contributed by atoms with Gasteiger partial charge in [-0.2, -0.15) is 0 Å². The molecular weight excluding hydrogens is 154 g/mol. The first-order valence-electron chi connectivity index (χ1n) is 4.13. The maximum atomic E-state index is 11.2. The number of nitrogens with one attached hydrogen (secondary N) is 1. The first kappa shape index (κ1) is 9.10. The van der Waals surface area contributed by atoms with Crippen LogP contribution in [0, 0.1) is 0 Å². The summed E-state index contributed by atoms with van der Waals surface area (Å²) in [5.41, 5.74) is 0.242. The lowest BCUT2D eigenvalue weighted by Crippen LogP contribution is -2.37. The number of aliphatic hydroxyl groups excluding tert-OH is 1. The normalized spacial score (nSPS) is 18.8. The highest BCUT2D eigenvalue weighted by molar-refractivity contribution is 5.97. The first-order chi connectivity index (χ1) is 5.40. The van der Waals surface area contributed by atoms with E-state index < -0.39 is 0 Å². The zero-order valence-electron chi connectivity index (χ0n) is 7.77. The highest BCUT2D eigenvalue weighted by Crippen LogP contribution is 2.20. The minimum atomic E-state index is -0.163. The lowest BCUT2D eigenvalue weighted by atomic mass is 10.1. The molecule has 1 rings (SSSR count). The zero-order valence-corrected chi connectivity index (χ0v) is 7.77. The highest BCUT2D eigenvalue weighted by Gasteiger charge is 2.25. The summed E-state index contributed by atoms with van der Waals surface area (Å²) in [6.07, 6.45) is 0.918. The molecule has 0 aromatic carbocycles. The van der Waals surface area contributed by atoms with Crippen LogP contribution < -0.4 is 5.32 Å². The predicted octanol–water partition coefficient (Wildman–Crippen LogP) is 1.51. The molecule has 0 bridgehead atoms. The van der Waals surface area contributed by atoms with Crippen molar-refractivity contribution in [3.05, 3.63) is 11.5 Å². The molecule has 0 saturated carbocycles. The highest BCUT2D eigenvalue weighted by atomic mass is 16.3. The van der Waals surface area contributed by atoms with Crippen molar-refractivity contribution in [1.29, 1.82) is 0 Å². The fourth-order valence-corrected chi connectivity index (χ4v) is 1.16. The first-order valence-corrected chi connectivity index (χ1v) is 4.13. The average Bonchev–Trinajstić information content (AvgIpc) is 2.16. The van der Waals surface area contributed by atoms with E-state index in [1.54, 1.807) is 0 Å². The third-order valence-corrected chi connectivity index (χ3v) is 1.66. The summed E-state index contributed by atoms with van der Waals surface area (Å²) in [7, 11) is 0. The van der Waals surface area contributed by atoms with E-state index in [1.807, 2.05) is 20.8 Å². The predicted molar refractivity (Wildman–Crippen MR) is 46.8 cm³/mol. The van der Waals surface area contributed by atoms with Gasteiger partial charge >= 0.3 is 0 Å². The number of carbonyl (C=O) groups excluding carboxylic acids is 1. The van der Waals surface area contributed by atoms with Gasteiger partial charge in [0.05, 0.1) is 0 Å². The molecule has 1 aliphatic rings. The monoisotopic (exact) mass is 169 g/mol. The van der Waals surface area contributed by atoms with Crippen molar-refractivity contribution < 1.29 is 9.90 Å². The molecule has 1 aliphatic carbocycles. The molecule has 3 nitrogen and oxygen atoms in total. The number of aliphatic hydroxyl groups is 1. The second kappa shape index (κ2) is 2.81. The molecular formula is C9H15NO2. The Morgan fingerprint density at radius 3 is 2.25 bits per heavy atom. The van der Waals surface area contributed by atoms with E-state index in [1.165, 1.54) is 0 Å². The summed E-state index contributed by atoms with van der Waals surface area (Å²) in [6, 6.07) is 0. The number of ketones is 1. The standard InChI is InChI=1S/C9H15NO2/c1-9(2,3)10-8-6(11)4-5-7(8)12/h10-11H,4-5H2,1-3H3. The Kier molecular flexibility index (Phi) is 2.13. The summed E-state index contributed by atoms with van der Waals surface area (Å²) in [4.78, 5) is 11.2. The fourth-order valence-electron chi connectivity index (χ4n) is 1.16. The maximum absolute atomic E-state index is 11.2. The van der Waals surface area contributed by atoms with Crippen molar-refractivity contribution in [1.82, 2.24) is 5.32 Å². The maximum Gasteiger partial charge on any atom is 0.182 e. The van der Waals surface area contributed by atoms with E-state index in [9.17, 15) is 9.90 Å². The van der Waals surface area contributed by atoms with Crippen LogP contribution in [0.25, 0.3) is 0 Å². The Morgan fingerprint density at radius 1 is 1.33 bits per heavy atom. The largest absolute Gasteiger partial charge is 0.510 e. The van der Waals surface area contributed by atoms with Gasteiger partial charge in [-0.1, -0.05) is 0 Å². The van der Waals surface area contributed by atoms with E-state index in [4.69, 9.17) is 0 Å². The zero-order chi connectivity index (χ0) is 9.35. The molecule has 0 spiro atoms. The number of hydrogen-bond acceptors (Lipinski definition) is 3. The van der Waals surface area contributed by atoms with Gasteiger partial charge in [0.2, 0.25) is 0 Å². The Balaban J connectivity index is 2.75. The van der Waals surface area contributed by atoms with Crippen molar-refractivity contribution in [2.45, 2.75) is 39.2 Å². The van der Waals surface area contributed by atoms with Crippen molar-refractivity contribution in [2.75, 3.05) is 0 Å². The van der Waals surface area contributed by atoms with Gasteiger partial charge in [-0.25, -0.2) is 0 Å². The molecule has 0 aromatic heterocycles. The van der Waals surface area contributed by atoms with Gasteiger partial charge in [-0.15, -0.1) is 0 Å². The molecule has 0 aliphatic heterocycles. The second-order valence-electron chi connectivity index (χ2n) is 4.12. The van der Waals surface area contributed by atoms with Crippen molar-refractivity contribution >= 4 is 5.78 Å². The summed E-state index contributed by atoms with van der Waals surface area (Å²) in [5, 5.41) is 12.3. The number of Topliss-reactive ketones (excluding diaryl/α,β-unsaturated/α-hetero) is 1. The Bertz CT molecular complexity index is 235. The molecule has 0 unspecified atom stereocenters. The van der Waals surface area contributed by atoms with Crippen LogP contribution in [0.5, 0.6) is 0 Å². The molecule has 0 atom stereocenters. The van der Waals surface area contributed by atoms with Crippen LogP contribution in [0.3, 0.4) is 0 Å². The van der Waals surface area contributed by atoms with Crippen LogP contribution in [-0.2, 0) is 4.79 Å². The summed E-state index contributed by atoms with van der Waals surface area (Å²) < 4.78 is 0. The van der Waals surface area contributed by atoms with Crippen molar-refractivity contribution in [2.24, 2.45) is 0 Å². The second-order valence-corrected chi connectivity index (χ2v) is 4.12. The van der Waals surface area contributed by atoms with E-state index >= 15 is 0 Å². The fraction of sp³-hybridized carbons (Fsp3) is 0.667. The molecule has 0 aromatic rings. The molecule has 68 valence electrons. The van der Waals surface area contributed by atoms with Crippen molar-refractivity contribution in [3.63, 3.8) is 0 Å². The van der Waals surface area contributed by atoms with Gasteiger partial charge in [0, 0.05) is 18.4 Å². The molecule has 0 amide bonds. The summed E-state index contributed by atoms with van der Waals surface area (Å²) in [6.45, 7) is 5.87. The van der Waals surface area contributed by atoms with Crippen LogP contribution in [0.15, 0.2) is 11.5 Å². The van der Waals surface area contributed by atoms with Crippen LogP contribution in [0.2, 0.25) is 0 Å². The lowest BCUT2D eigenvalue weighted by Gasteiger charge is -2.22. The number of allylic oxidation sites excluding steroid dienone is 2. The van der Waals surface area contributed by atoms with Gasteiger partial charge < -0.3 is 10.4 Å². The van der Waals surface area contributed by atoms with Gasteiger partial charge in [0.1, 0.15) is 11.5 Å². The molecule has 12 heavy (non-hydrogen) atoms. The van der Waals surface area contributed by atoms with E-state index in [-0.39, 0.29) is 17.1 Å². The van der Waals surface area contributed by atoms with Crippen LogP contribution in [-0.4, -0.2) is 16.4 Å². The SMILES string of the molecule is CC(C)(C)NC1=C(O)CCC1=O. The Labute approximate surface area is 72.5 Å². The van der Waals surface area contributed by atoms with Crippen LogP contribution in [0.1, 0.15) is 33.6 Å². The number of hydrogen-bond donors (Lipinski definition) is 2. The summed E-state index contributed by atoms with van der Waals surface area (Å²) in [5.74, 6) is 0.220. The van der Waals surface area contributed by atoms with Gasteiger partial charge in [-0.3, -0.25) is 4.79 Å². The quantitative estimate of drug-likeness (QED) is 0.625. The smallest absolute Gasteiger partial charge is 0.182 e. The third kappa shape index (κ3) is 2.00. The average molecular weight is 169 g/mol. The molecule has 3 heteroatoms. The van der Waals surface area contributed by atoms with E-state index in [0.717, 1.165) is 0 Å². The van der Waals surface area contributed by atoms with Gasteiger partial charge in [-0.05, 0) is 20.8 Å². The van der Waals surface area contributed by atoms with Gasteiger partial charge in [0.25, 0.3) is 0 Å². The van der Waals surface area contributed by atoms with Crippen LogP contribution in [0.4, 0.5) is 0 Å². The third-order valence-electron chi connectivity index (χ3n) is 1.66. The van der Waals surface area contributed by atoms with Crippen molar-refractivity contribution in [3.8, 4) is 0 Å². The number of rotatable bonds is 1. The molecule has 0 saturated heterocycles. The molecule has 0 fully saturated rings. The van der Waals surface area contributed by atoms with Gasteiger partial charge in [0.15, 0.2) is 5.78 Å². The Hall–Kier alpha value is -0.990. The Morgan fingerprint density at radius 2 is 1.92 bits per heavy atom. The minimum absolute atomic E-state index is 0.0161. The number of carbonyl (C=O) groups is 1. The topological polar surface area (TPSA) is 49.3 Å². The lowest BCUT2D eigenvalue weighted by molar-refractivity contribution is -0.115. The molecule has 2 N–H and O–H groups in total. The van der Waals surface area contributed by atoms with E-state index in [2.05, 4.69) is 5.32 Å². The summed E-state index contributed by atoms with van der Waals surface area (Å²) >= 11 is 0. The molecule has 0 radical (unpaired) electrons. The van der Waals surface area contributed by atoms with Crippen LogP contribution >= 0.6 is 0 Å². The minimum Gasteiger partial charge on any atom is -0.510 e. The van der Waals surface area contributed by atoms with E-state index in [0.29, 0.717) is 18.5 Å².